The van der Waals surface area contributed by atoms with Crippen LogP contribution in [0.15, 0.2) is 24.3 Å². The second-order valence-electron chi connectivity index (χ2n) is 5.35. The largest absolute Gasteiger partial charge is 0.467 e. The lowest BCUT2D eigenvalue weighted by atomic mass is 10.1. The fourth-order valence-corrected chi connectivity index (χ4v) is 4.21. The van der Waals surface area contributed by atoms with Crippen LogP contribution in [0.3, 0.4) is 0 Å². The third kappa shape index (κ3) is 3.03. The first-order chi connectivity index (χ1) is 11.0. The minimum atomic E-state index is -0.723. The topological polar surface area (TPSA) is 66.9 Å². The van der Waals surface area contributed by atoms with E-state index in [2.05, 4.69) is 0 Å². The molecule has 6 nitrogen and oxygen atoms in total. The maximum atomic E-state index is 12.6. The smallest absolute Gasteiger partial charge is 0.339 e. The van der Waals surface area contributed by atoms with Gasteiger partial charge in [0.1, 0.15) is 12.6 Å². The minimum absolute atomic E-state index is 0.0357. The quantitative estimate of drug-likeness (QED) is 0.761. The van der Waals surface area contributed by atoms with Crippen molar-refractivity contribution in [1.82, 2.24) is 9.80 Å². The van der Waals surface area contributed by atoms with Crippen molar-refractivity contribution in [2.45, 2.75) is 18.0 Å². The molecule has 0 aliphatic carbocycles. The normalized spacial score (nSPS) is 23.9. The van der Waals surface area contributed by atoms with Gasteiger partial charge in [-0.15, -0.1) is 11.8 Å². The van der Waals surface area contributed by atoms with Gasteiger partial charge < -0.3 is 14.5 Å². The summed E-state index contributed by atoms with van der Waals surface area (Å²) < 4.78 is 4.71. The molecule has 0 spiro atoms. The highest BCUT2D eigenvalue weighted by molar-refractivity contribution is 8.00. The molecule has 0 N–H and O–H groups in total. The van der Waals surface area contributed by atoms with E-state index in [1.165, 1.54) is 28.7 Å². The maximum absolute atomic E-state index is 12.6. The van der Waals surface area contributed by atoms with Gasteiger partial charge in [0.05, 0.1) is 7.11 Å². The highest BCUT2D eigenvalue weighted by atomic mass is 35.5. The SMILES string of the molecule is COC(=O)[C@@H]1SC[C@H]2C(=O)N(Cc3ccc(Cl)cc3)CC(=O)N21. The molecular weight excluding hydrogens is 340 g/mol. The van der Waals surface area contributed by atoms with Gasteiger partial charge in [-0.25, -0.2) is 4.79 Å². The van der Waals surface area contributed by atoms with Crippen LogP contribution in [0.2, 0.25) is 5.02 Å². The summed E-state index contributed by atoms with van der Waals surface area (Å²) in [6.07, 6.45) is 0. The zero-order chi connectivity index (χ0) is 16.6. The second kappa shape index (κ2) is 6.41. The summed E-state index contributed by atoms with van der Waals surface area (Å²) in [6.45, 7) is 0.311. The van der Waals surface area contributed by atoms with Crippen LogP contribution in [0.5, 0.6) is 0 Å². The van der Waals surface area contributed by atoms with E-state index in [1.807, 2.05) is 12.1 Å². The van der Waals surface area contributed by atoms with Gasteiger partial charge in [0.25, 0.3) is 0 Å². The zero-order valence-electron chi connectivity index (χ0n) is 12.4. The molecule has 0 aromatic heterocycles. The Balaban J connectivity index is 1.76. The first-order valence-corrected chi connectivity index (χ1v) is 8.47. The van der Waals surface area contributed by atoms with Gasteiger partial charge in [-0.2, -0.15) is 0 Å². The summed E-state index contributed by atoms with van der Waals surface area (Å²) in [5, 5.41) is -0.104. The van der Waals surface area contributed by atoms with Crippen LogP contribution in [-0.2, 0) is 25.7 Å². The zero-order valence-corrected chi connectivity index (χ0v) is 14.0. The van der Waals surface area contributed by atoms with Crippen LogP contribution in [0.4, 0.5) is 0 Å². The Kier molecular flexibility index (Phi) is 4.50. The first kappa shape index (κ1) is 16.1. The van der Waals surface area contributed by atoms with Gasteiger partial charge in [-0.05, 0) is 17.7 Å². The number of methoxy groups -OCH3 is 1. The van der Waals surface area contributed by atoms with Crippen LogP contribution in [-0.4, -0.2) is 58.4 Å². The number of hydrogen-bond donors (Lipinski definition) is 0. The monoisotopic (exact) mass is 354 g/mol. The number of piperazine rings is 1. The predicted octanol–water partition coefficient (Wildman–Crippen LogP) is 1.13. The van der Waals surface area contributed by atoms with Crippen LogP contribution < -0.4 is 0 Å². The van der Waals surface area contributed by atoms with Crippen molar-refractivity contribution in [3.63, 3.8) is 0 Å². The molecule has 2 aliphatic rings. The molecule has 1 aromatic rings. The number of ether oxygens (including phenoxy) is 1. The number of amides is 2. The molecule has 3 rings (SSSR count). The van der Waals surface area contributed by atoms with Crippen molar-refractivity contribution in [2.24, 2.45) is 0 Å². The van der Waals surface area contributed by atoms with Gasteiger partial charge in [0.15, 0.2) is 5.37 Å². The molecule has 1 aromatic carbocycles. The lowest BCUT2D eigenvalue weighted by Crippen LogP contribution is -2.60. The van der Waals surface area contributed by atoms with Crippen LogP contribution >= 0.6 is 23.4 Å². The molecule has 2 amide bonds. The highest BCUT2D eigenvalue weighted by Gasteiger charge is 2.50. The Morgan fingerprint density at radius 2 is 2.04 bits per heavy atom. The summed E-state index contributed by atoms with van der Waals surface area (Å²) >= 11 is 7.11. The van der Waals surface area contributed by atoms with Crippen molar-refractivity contribution < 1.29 is 19.1 Å². The highest BCUT2D eigenvalue weighted by Crippen LogP contribution is 2.33. The average molecular weight is 355 g/mol. The molecule has 23 heavy (non-hydrogen) atoms. The van der Waals surface area contributed by atoms with E-state index >= 15 is 0 Å². The molecule has 0 saturated carbocycles. The summed E-state index contributed by atoms with van der Waals surface area (Å²) in [7, 11) is 1.28. The van der Waals surface area contributed by atoms with Crippen LogP contribution in [0, 0.1) is 0 Å². The number of fused-ring (bicyclic) bond motifs is 1. The summed E-state index contributed by atoms with van der Waals surface area (Å²) in [4.78, 5) is 39.6. The fraction of sp³-hybridized carbons (Fsp3) is 0.400. The van der Waals surface area contributed by atoms with Crippen molar-refractivity contribution in [3.8, 4) is 0 Å². The van der Waals surface area contributed by atoms with E-state index in [1.54, 1.807) is 12.1 Å². The molecule has 0 unspecified atom stereocenters. The van der Waals surface area contributed by atoms with E-state index in [4.69, 9.17) is 16.3 Å². The minimum Gasteiger partial charge on any atom is -0.467 e. The Hall–Kier alpha value is -1.73. The number of thioether (sulfide) groups is 1. The van der Waals surface area contributed by atoms with Crippen molar-refractivity contribution in [2.75, 3.05) is 19.4 Å². The first-order valence-electron chi connectivity index (χ1n) is 7.05. The Morgan fingerprint density at radius 1 is 1.35 bits per heavy atom. The van der Waals surface area contributed by atoms with Gasteiger partial charge in [-0.3, -0.25) is 9.59 Å². The Labute approximate surface area is 142 Å². The van der Waals surface area contributed by atoms with E-state index in [-0.39, 0.29) is 18.4 Å². The molecule has 0 radical (unpaired) electrons. The van der Waals surface area contributed by atoms with Gasteiger partial charge in [-0.1, -0.05) is 23.7 Å². The summed E-state index contributed by atoms with van der Waals surface area (Å²) in [5.41, 5.74) is 0.902. The van der Waals surface area contributed by atoms with Gasteiger partial charge in [0.2, 0.25) is 11.8 Å². The Morgan fingerprint density at radius 3 is 2.70 bits per heavy atom. The number of carbonyl (C=O) groups is 3. The maximum Gasteiger partial charge on any atom is 0.339 e. The summed E-state index contributed by atoms with van der Waals surface area (Å²) in [6, 6.07) is 6.55. The predicted molar refractivity (Wildman–Crippen MR) is 85.8 cm³/mol. The number of benzene rings is 1. The van der Waals surface area contributed by atoms with E-state index in [0.29, 0.717) is 17.3 Å². The van der Waals surface area contributed by atoms with Crippen LogP contribution in [0.25, 0.3) is 0 Å². The number of carbonyl (C=O) groups excluding carboxylic acids is 3. The molecule has 8 heteroatoms. The van der Waals surface area contributed by atoms with Crippen molar-refractivity contribution >= 4 is 41.1 Å². The number of nitrogens with zero attached hydrogens (tertiary/aromatic N) is 2. The van der Waals surface area contributed by atoms with Gasteiger partial charge in [0, 0.05) is 17.3 Å². The molecular formula is C15H15ClN2O4S. The third-order valence-corrected chi connectivity index (χ3v) is 5.40. The lowest BCUT2D eigenvalue weighted by molar-refractivity contribution is -0.160. The van der Waals surface area contributed by atoms with E-state index < -0.39 is 17.4 Å². The van der Waals surface area contributed by atoms with Crippen molar-refractivity contribution in [3.05, 3.63) is 34.9 Å². The van der Waals surface area contributed by atoms with E-state index in [0.717, 1.165) is 5.56 Å². The second-order valence-corrected chi connectivity index (χ2v) is 6.90. The third-order valence-electron chi connectivity index (χ3n) is 3.90. The number of rotatable bonds is 3. The number of esters is 1. The standard InChI is InChI=1S/C15H15ClN2O4S/c1-22-15(21)14-18-11(8-23-14)13(20)17(7-12(18)19)6-9-2-4-10(16)5-3-9/h2-5,11,14H,6-8H2,1H3/t11-,14-/m0/s1. The molecule has 2 aliphatic heterocycles. The molecule has 2 saturated heterocycles. The molecule has 0 bridgehead atoms. The molecule has 2 atom stereocenters. The molecule has 2 fully saturated rings. The number of halogens is 1. The van der Waals surface area contributed by atoms with Gasteiger partial charge >= 0.3 is 5.97 Å². The Bertz CT molecular complexity index is 651. The van der Waals surface area contributed by atoms with Crippen LogP contribution in [0.1, 0.15) is 5.56 Å². The molecule has 122 valence electrons. The fourth-order valence-electron chi connectivity index (χ4n) is 2.76. The average Bonchev–Trinajstić information content (AvgIpc) is 2.99. The number of hydrogen-bond acceptors (Lipinski definition) is 5. The molecule has 2 heterocycles. The van der Waals surface area contributed by atoms with Crippen molar-refractivity contribution in [1.29, 1.82) is 0 Å². The van der Waals surface area contributed by atoms with E-state index in [9.17, 15) is 14.4 Å². The lowest BCUT2D eigenvalue weighted by Gasteiger charge is -2.37. The summed E-state index contributed by atoms with van der Waals surface area (Å²) in [5.74, 6) is -0.464.